The van der Waals surface area contributed by atoms with Gasteiger partial charge >= 0.3 is 0 Å². The Labute approximate surface area is 176 Å². The van der Waals surface area contributed by atoms with Crippen molar-refractivity contribution in [2.45, 2.75) is 26.3 Å². The van der Waals surface area contributed by atoms with Crippen LogP contribution < -0.4 is 10.1 Å². The minimum Gasteiger partial charge on any atom is -0.492 e. The molecule has 0 spiro atoms. The lowest BCUT2D eigenvalue weighted by molar-refractivity contribution is -0.126. The Balaban J connectivity index is 1.37. The van der Waals surface area contributed by atoms with Crippen molar-refractivity contribution >= 4 is 29.1 Å². The van der Waals surface area contributed by atoms with Crippen molar-refractivity contribution in [2.75, 3.05) is 26.2 Å². The quantitative estimate of drug-likeness (QED) is 0.659. The molecule has 1 heterocycles. The van der Waals surface area contributed by atoms with Gasteiger partial charge in [0.1, 0.15) is 12.4 Å². The summed E-state index contributed by atoms with van der Waals surface area (Å²) in [5.74, 6) is 0.992. The summed E-state index contributed by atoms with van der Waals surface area (Å²) < 4.78 is 5.66. The van der Waals surface area contributed by atoms with Crippen LogP contribution in [0, 0.1) is 12.8 Å². The second-order valence-corrected chi connectivity index (χ2v) is 8.02. The molecular formula is C22H26Cl2N2O2. The largest absolute Gasteiger partial charge is 0.492 e. The second-order valence-electron chi connectivity index (χ2n) is 7.20. The normalized spacial score (nSPS) is 15.4. The maximum Gasteiger partial charge on any atom is 0.223 e. The Bertz CT molecular complexity index is 767. The smallest absolute Gasteiger partial charge is 0.223 e. The van der Waals surface area contributed by atoms with E-state index in [1.165, 1.54) is 5.56 Å². The average molecular weight is 421 g/mol. The predicted octanol–water partition coefficient (Wildman–Crippen LogP) is 4.71. The lowest BCUT2D eigenvalue weighted by Crippen LogP contribution is -2.41. The third-order valence-corrected chi connectivity index (χ3v) is 5.80. The molecule has 0 aromatic heterocycles. The molecule has 2 aromatic rings. The Kier molecular flexibility index (Phi) is 7.60. The number of hydrogen-bond donors (Lipinski definition) is 1. The monoisotopic (exact) mass is 420 g/mol. The van der Waals surface area contributed by atoms with E-state index < -0.39 is 0 Å². The molecule has 1 amide bonds. The van der Waals surface area contributed by atoms with Gasteiger partial charge in [0.2, 0.25) is 5.91 Å². The van der Waals surface area contributed by atoms with Crippen LogP contribution in [0.2, 0.25) is 10.0 Å². The summed E-state index contributed by atoms with van der Waals surface area (Å²) in [5, 5.41) is 4.38. The van der Waals surface area contributed by atoms with Crippen molar-refractivity contribution in [2.24, 2.45) is 5.92 Å². The highest BCUT2D eigenvalue weighted by Gasteiger charge is 2.25. The van der Waals surface area contributed by atoms with Gasteiger partial charge in [-0.2, -0.15) is 0 Å². The number of nitrogens with zero attached hydrogens (tertiary/aromatic N) is 1. The number of amides is 1. The molecule has 0 bridgehead atoms. The number of likely N-dealkylation sites (tertiary alicyclic amines) is 1. The molecule has 1 saturated heterocycles. The fourth-order valence-corrected chi connectivity index (χ4v) is 3.90. The minimum absolute atomic E-state index is 0.0531. The Morgan fingerprint density at radius 3 is 2.39 bits per heavy atom. The molecule has 1 aliphatic heterocycles. The fourth-order valence-electron chi connectivity index (χ4n) is 3.38. The van der Waals surface area contributed by atoms with Crippen LogP contribution in [0.25, 0.3) is 0 Å². The summed E-state index contributed by atoms with van der Waals surface area (Å²) in [7, 11) is 0. The van der Waals surface area contributed by atoms with Crippen molar-refractivity contribution in [1.82, 2.24) is 10.2 Å². The first kappa shape index (κ1) is 21.0. The van der Waals surface area contributed by atoms with Crippen molar-refractivity contribution in [1.29, 1.82) is 0 Å². The summed E-state index contributed by atoms with van der Waals surface area (Å²) in [4.78, 5) is 14.7. The van der Waals surface area contributed by atoms with Gasteiger partial charge in [0, 0.05) is 28.1 Å². The van der Waals surface area contributed by atoms with Crippen molar-refractivity contribution in [3.05, 3.63) is 63.6 Å². The number of nitrogens with one attached hydrogen (secondary N) is 1. The third-order valence-electron chi connectivity index (χ3n) is 5.09. The van der Waals surface area contributed by atoms with E-state index in [2.05, 4.69) is 10.2 Å². The first-order valence-corrected chi connectivity index (χ1v) is 10.4. The number of ether oxygens (including phenoxy) is 1. The number of halogens is 2. The lowest BCUT2D eigenvalue weighted by Gasteiger charge is -2.31. The highest BCUT2D eigenvalue weighted by Crippen LogP contribution is 2.27. The summed E-state index contributed by atoms with van der Waals surface area (Å²) in [6, 6.07) is 13.5. The van der Waals surface area contributed by atoms with Gasteiger partial charge in [-0.25, -0.2) is 0 Å². The topological polar surface area (TPSA) is 41.6 Å². The van der Waals surface area contributed by atoms with Crippen molar-refractivity contribution < 1.29 is 9.53 Å². The van der Waals surface area contributed by atoms with E-state index in [0.717, 1.165) is 43.8 Å². The highest BCUT2D eigenvalue weighted by atomic mass is 35.5. The van der Waals surface area contributed by atoms with E-state index in [4.69, 9.17) is 27.9 Å². The number of hydrogen-bond acceptors (Lipinski definition) is 3. The van der Waals surface area contributed by atoms with Crippen molar-refractivity contribution in [3.8, 4) is 5.75 Å². The molecule has 28 heavy (non-hydrogen) atoms. The molecule has 0 radical (unpaired) electrons. The van der Waals surface area contributed by atoms with Crippen LogP contribution in [-0.4, -0.2) is 37.0 Å². The highest BCUT2D eigenvalue weighted by molar-refractivity contribution is 6.35. The zero-order chi connectivity index (χ0) is 19.9. The molecule has 2 aromatic carbocycles. The van der Waals surface area contributed by atoms with Gasteiger partial charge in [-0.1, -0.05) is 47.0 Å². The number of aryl methyl sites for hydroxylation is 1. The van der Waals surface area contributed by atoms with E-state index in [0.29, 0.717) is 23.2 Å². The number of piperidine rings is 1. The van der Waals surface area contributed by atoms with E-state index in [1.807, 2.05) is 49.4 Å². The van der Waals surface area contributed by atoms with E-state index in [1.54, 1.807) is 0 Å². The number of benzene rings is 2. The molecule has 0 aliphatic carbocycles. The summed E-state index contributed by atoms with van der Waals surface area (Å²) in [6.45, 7) is 5.47. The van der Waals surface area contributed by atoms with Crippen LogP contribution >= 0.6 is 23.2 Å². The SMILES string of the molecule is Cc1ccc(OCCNC(=O)C2CCN(Cc3c(Cl)cccc3Cl)CC2)cc1. The van der Waals surface area contributed by atoms with Crippen LogP contribution in [0.4, 0.5) is 0 Å². The summed E-state index contributed by atoms with van der Waals surface area (Å²) in [5.41, 5.74) is 2.16. The fraction of sp³-hybridized carbons (Fsp3) is 0.409. The molecule has 3 rings (SSSR count). The van der Waals surface area contributed by atoms with Crippen LogP contribution in [-0.2, 0) is 11.3 Å². The molecular weight excluding hydrogens is 395 g/mol. The standard InChI is InChI=1S/C22H26Cl2N2O2/c1-16-5-7-18(8-6-16)28-14-11-25-22(27)17-9-12-26(13-10-17)15-19-20(23)3-2-4-21(19)24/h2-8,17H,9-15H2,1H3,(H,25,27). The molecule has 1 aliphatic rings. The Morgan fingerprint density at radius 2 is 1.75 bits per heavy atom. The first-order chi connectivity index (χ1) is 13.5. The van der Waals surface area contributed by atoms with Gasteiger partial charge in [-0.3, -0.25) is 9.69 Å². The minimum atomic E-state index is 0.0531. The molecule has 1 N–H and O–H groups in total. The van der Waals surface area contributed by atoms with E-state index in [9.17, 15) is 4.79 Å². The molecule has 1 fully saturated rings. The van der Waals surface area contributed by atoms with E-state index in [-0.39, 0.29) is 11.8 Å². The summed E-state index contributed by atoms with van der Waals surface area (Å²) in [6.07, 6.45) is 1.68. The lowest BCUT2D eigenvalue weighted by atomic mass is 9.95. The van der Waals surface area contributed by atoms with Gasteiger partial charge in [-0.15, -0.1) is 0 Å². The molecule has 0 unspecified atom stereocenters. The third kappa shape index (κ3) is 5.87. The molecule has 6 heteroatoms. The summed E-state index contributed by atoms with van der Waals surface area (Å²) >= 11 is 12.5. The molecule has 0 atom stereocenters. The zero-order valence-corrected chi connectivity index (χ0v) is 17.6. The van der Waals surface area contributed by atoms with Gasteiger partial charge < -0.3 is 10.1 Å². The van der Waals surface area contributed by atoms with Gasteiger partial charge in [0.25, 0.3) is 0 Å². The van der Waals surface area contributed by atoms with Gasteiger partial charge in [-0.05, 0) is 57.1 Å². The number of rotatable bonds is 7. The zero-order valence-electron chi connectivity index (χ0n) is 16.1. The molecule has 4 nitrogen and oxygen atoms in total. The Hall–Kier alpha value is -1.75. The van der Waals surface area contributed by atoms with Crippen LogP contribution in [0.5, 0.6) is 5.75 Å². The predicted molar refractivity (Wildman–Crippen MR) is 114 cm³/mol. The number of carbonyl (C=O) groups is 1. The van der Waals surface area contributed by atoms with E-state index >= 15 is 0 Å². The average Bonchev–Trinajstić information content (AvgIpc) is 2.70. The van der Waals surface area contributed by atoms with Gasteiger partial charge in [0.05, 0.1) is 6.54 Å². The van der Waals surface area contributed by atoms with Crippen LogP contribution in [0.1, 0.15) is 24.0 Å². The van der Waals surface area contributed by atoms with Crippen LogP contribution in [0.15, 0.2) is 42.5 Å². The van der Waals surface area contributed by atoms with Gasteiger partial charge in [0.15, 0.2) is 0 Å². The number of carbonyl (C=O) groups excluding carboxylic acids is 1. The maximum absolute atomic E-state index is 12.4. The Morgan fingerprint density at radius 1 is 1.11 bits per heavy atom. The maximum atomic E-state index is 12.4. The molecule has 150 valence electrons. The van der Waals surface area contributed by atoms with Crippen molar-refractivity contribution in [3.63, 3.8) is 0 Å². The second kappa shape index (κ2) is 10.1. The first-order valence-electron chi connectivity index (χ1n) is 9.65. The van der Waals surface area contributed by atoms with Crippen LogP contribution in [0.3, 0.4) is 0 Å². The molecule has 0 saturated carbocycles.